The first kappa shape index (κ1) is 20.5. The van der Waals surface area contributed by atoms with Gasteiger partial charge in [-0.1, -0.05) is 11.8 Å². The summed E-state index contributed by atoms with van der Waals surface area (Å²) in [6.45, 7) is 0. The lowest BCUT2D eigenvalue weighted by atomic mass is 10.1. The minimum absolute atomic E-state index is 0.303. The van der Waals surface area contributed by atoms with E-state index < -0.39 is 11.2 Å². The highest BCUT2D eigenvalue weighted by Crippen LogP contribution is 2.45. The maximum absolute atomic E-state index is 13.7. The van der Waals surface area contributed by atoms with Gasteiger partial charge in [0.15, 0.2) is 0 Å². The molecule has 0 N–H and O–H groups in total. The van der Waals surface area contributed by atoms with E-state index in [1.54, 1.807) is 30.3 Å². The molecule has 9 heteroatoms. The van der Waals surface area contributed by atoms with Crippen molar-refractivity contribution < 1.29 is 18.3 Å². The molecule has 2 aromatic carbocycles. The molecule has 1 amide bonds. The monoisotopic (exact) mass is 489 g/mol. The summed E-state index contributed by atoms with van der Waals surface area (Å²) in [5, 5.41) is 5.76. The molecule has 30 heavy (non-hydrogen) atoms. The molecule has 5 nitrogen and oxygen atoms in total. The van der Waals surface area contributed by atoms with Crippen molar-refractivity contribution in [1.29, 1.82) is 0 Å². The molecule has 1 unspecified atom stereocenters. The summed E-state index contributed by atoms with van der Waals surface area (Å²) >= 11 is 4.56. The number of halogens is 3. The van der Waals surface area contributed by atoms with Crippen molar-refractivity contribution in [3.8, 4) is 5.75 Å². The molecule has 1 aliphatic heterocycles. The highest BCUT2D eigenvalue weighted by atomic mass is 79.9. The molecule has 2 heterocycles. The molecular formula is C21H14BrF2N3O2S. The maximum Gasteiger partial charge on any atom is 0.275 e. The minimum Gasteiger partial charge on any atom is -0.496 e. The summed E-state index contributed by atoms with van der Waals surface area (Å²) in [6.07, 6.45) is 1.51. The van der Waals surface area contributed by atoms with Crippen LogP contribution in [0.2, 0.25) is 0 Å². The smallest absolute Gasteiger partial charge is 0.275 e. The quantitative estimate of drug-likeness (QED) is 0.461. The average Bonchev–Trinajstić information content (AvgIpc) is 3.18. The fraction of sp³-hybridized carbons (Fsp3) is 0.0952. The Morgan fingerprint density at radius 3 is 2.53 bits per heavy atom. The van der Waals surface area contributed by atoms with Crippen LogP contribution in [0.15, 0.2) is 70.5 Å². The van der Waals surface area contributed by atoms with Gasteiger partial charge in [0.2, 0.25) is 0 Å². The molecule has 0 radical (unpaired) electrons. The number of hydrazone groups is 1. The summed E-state index contributed by atoms with van der Waals surface area (Å²) in [6, 6.07) is 13.2. The molecule has 1 aliphatic rings. The molecule has 3 aromatic rings. The topological polar surface area (TPSA) is 54.8 Å². The van der Waals surface area contributed by atoms with Gasteiger partial charge in [0.1, 0.15) is 32.4 Å². The summed E-state index contributed by atoms with van der Waals surface area (Å²) < 4.78 is 32.9. The number of ether oxygens (including phenoxy) is 1. The number of aromatic nitrogens is 1. The van der Waals surface area contributed by atoms with Gasteiger partial charge in [-0.25, -0.2) is 18.8 Å². The number of nitrogens with zero attached hydrogens (tertiary/aromatic N) is 3. The van der Waals surface area contributed by atoms with E-state index in [4.69, 9.17) is 4.74 Å². The number of carbonyl (C=O) groups is 1. The number of rotatable bonds is 4. The number of methoxy groups -OCH3 is 1. The van der Waals surface area contributed by atoms with Gasteiger partial charge in [-0.05, 0) is 64.5 Å². The molecule has 152 valence electrons. The lowest BCUT2D eigenvalue weighted by Gasteiger charge is -2.22. The Morgan fingerprint density at radius 1 is 1.10 bits per heavy atom. The third kappa shape index (κ3) is 4.08. The Morgan fingerprint density at radius 2 is 1.83 bits per heavy atom. The standard InChI is InChI=1S/C21H14BrF2N3O2S/c1-29-17-11-15(24)6-7-16(17)21-27(20(28)13-8-9-25-18(22)10-13)26-19(30-21)12-2-4-14(23)5-3-12/h2-11,21H,1H3. The van der Waals surface area contributed by atoms with E-state index in [-0.39, 0.29) is 11.7 Å². The molecule has 0 fully saturated rings. The van der Waals surface area contributed by atoms with E-state index in [0.29, 0.717) is 32.1 Å². The third-order valence-electron chi connectivity index (χ3n) is 4.38. The summed E-state index contributed by atoms with van der Waals surface area (Å²) in [5.41, 5.74) is 1.64. The van der Waals surface area contributed by atoms with Crippen molar-refractivity contribution in [1.82, 2.24) is 9.99 Å². The molecule has 0 bridgehead atoms. The van der Waals surface area contributed by atoms with Gasteiger partial charge in [-0.2, -0.15) is 5.10 Å². The van der Waals surface area contributed by atoms with Gasteiger partial charge in [0, 0.05) is 29.0 Å². The Balaban J connectivity index is 1.78. The second kappa shape index (κ2) is 8.53. The van der Waals surface area contributed by atoms with Crippen molar-refractivity contribution >= 4 is 38.6 Å². The van der Waals surface area contributed by atoms with E-state index in [2.05, 4.69) is 26.0 Å². The molecule has 0 spiro atoms. The zero-order valence-corrected chi connectivity index (χ0v) is 18.0. The van der Waals surface area contributed by atoms with Crippen molar-refractivity contribution in [3.05, 3.63) is 93.7 Å². The Hall–Kier alpha value is -2.78. The van der Waals surface area contributed by atoms with Crippen LogP contribution < -0.4 is 4.74 Å². The number of carbonyl (C=O) groups excluding carboxylic acids is 1. The largest absolute Gasteiger partial charge is 0.496 e. The second-order valence-corrected chi connectivity index (χ2v) is 8.17. The number of pyridine rings is 1. The number of thioether (sulfide) groups is 1. The summed E-state index contributed by atoms with van der Waals surface area (Å²) in [4.78, 5) is 17.3. The van der Waals surface area contributed by atoms with Gasteiger partial charge in [0.25, 0.3) is 5.91 Å². The van der Waals surface area contributed by atoms with Crippen LogP contribution in [0, 0.1) is 11.6 Å². The molecule has 0 saturated heterocycles. The number of hydrogen-bond acceptors (Lipinski definition) is 5. The lowest BCUT2D eigenvalue weighted by molar-refractivity contribution is 0.0747. The number of hydrogen-bond donors (Lipinski definition) is 0. The number of amides is 1. The first-order valence-electron chi connectivity index (χ1n) is 8.76. The third-order valence-corrected chi connectivity index (χ3v) is 6.03. The van der Waals surface area contributed by atoms with Gasteiger partial charge in [-0.15, -0.1) is 0 Å². The fourth-order valence-electron chi connectivity index (χ4n) is 2.95. The molecule has 0 saturated carbocycles. The van der Waals surface area contributed by atoms with Crippen molar-refractivity contribution in [2.24, 2.45) is 5.10 Å². The fourth-order valence-corrected chi connectivity index (χ4v) is 4.50. The average molecular weight is 490 g/mol. The van der Waals surface area contributed by atoms with E-state index >= 15 is 0 Å². The molecule has 1 aromatic heterocycles. The summed E-state index contributed by atoms with van der Waals surface area (Å²) in [7, 11) is 1.44. The molecule has 0 aliphatic carbocycles. The SMILES string of the molecule is COc1cc(F)ccc1C1SC(c2ccc(F)cc2)=NN1C(=O)c1ccnc(Br)c1. The summed E-state index contributed by atoms with van der Waals surface area (Å²) in [5.74, 6) is -0.876. The van der Waals surface area contributed by atoms with Gasteiger partial charge in [-0.3, -0.25) is 4.79 Å². The van der Waals surface area contributed by atoms with Crippen LogP contribution in [0.3, 0.4) is 0 Å². The van der Waals surface area contributed by atoms with Crippen LogP contribution in [0.4, 0.5) is 8.78 Å². The Bertz CT molecular complexity index is 1140. The lowest BCUT2D eigenvalue weighted by Crippen LogP contribution is -2.26. The van der Waals surface area contributed by atoms with Gasteiger partial charge >= 0.3 is 0 Å². The normalized spacial score (nSPS) is 15.8. The maximum atomic E-state index is 13.7. The second-order valence-electron chi connectivity index (χ2n) is 6.29. The van der Waals surface area contributed by atoms with Crippen LogP contribution in [0.25, 0.3) is 0 Å². The van der Waals surface area contributed by atoms with Gasteiger partial charge < -0.3 is 4.74 Å². The van der Waals surface area contributed by atoms with Crippen molar-refractivity contribution in [2.45, 2.75) is 5.37 Å². The number of benzene rings is 2. The molecule has 1 atom stereocenters. The zero-order valence-electron chi connectivity index (χ0n) is 15.6. The Kier molecular flexibility index (Phi) is 5.83. The molecular weight excluding hydrogens is 476 g/mol. The minimum atomic E-state index is -0.597. The van der Waals surface area contributed by atoms with Crippen molar-refractivity contribution in [2.75, 3.05) is 7.11 Å². The van der Waals surface area contributed by atoms with Crippen molar-refractivity contribution in [3.63, 3.8) is 0 Å². The van der Waals surface area contributed by atoms with E-state index in [0.717, 1.165) is 0 Å². The van der Waals surface area contributed by atoms with Crippen LogP contribution >= 0.6 is 27.7 Å². The van der Waals surface area contributed by atoms with Crippen LogP contribution in [0.1, 0.15) is 26.9 Å². The predicted octanol–water partition coefficient (Wildman–Crippen LogP) is 5.38. The first-order chi connectivity index (χ1) is 14.5. The highest BCUT2D eigenvalue weighted by Gasteiger charge is 2.36. The van der Waals surface area contributed by atoms with Gasteiger partial charge in [0.05, 0.1) is 7.11 Å². The highest BCUT2D eigenvalue weighted by molar-refractivity contribution is 9.10. The van der Waals surface area contributed by atoms with E-state index in [1.165, 1.54) is 54.3 Å². The zero-order chi connectivity index (χ0) is 21.3. The predicted molar refractivity (Wildman–Crippen MR) is 114 cm³/mol. The Labute approximate surface area is 183 Å². The van der Waals surface area contributed by atoms with E-state index in [1.807, 2.05) is 0 Å². The van der Waals surface area contributed by atoms with Crippen LogP contribution in [-0.4, -0.2) is 28.1 Å². The first-order valence-corrected chi connectivity index (χ1v) is 10.4. The molecule has 4 rings (SSSR count). The van der Waals surface area contributed by atoms with Crippen LogP contribution in [-0.2, 0) is 0 Å². The van der Waals surface area contributed by atoms with Crippen LogP contribution in [0.5, 0.6) is 5.75 Å². The van der Waals surface area contributed by atoms with E-state index in [9.17, 15) is 13.6 Å².